The van der Waals surface area contributed by atoms with Gasteiger partial charge in [0, 0.05) is 0 Å². The van der Waals surface area contributed by atoms with Crippen molar-refractivity contribution in [3.63, 3.8) is 0 Å². The number of rotatable bonds is 2. The molecule has 4 amide bonds. The van der Waals surface area contributed by atoms with E-state index in [1.165, 1.54) is 0 Å². The summed E-state index contributed by atoms with van der Waals surface area (Å²) < 4.78 is 5.36. The van der Waals surface area contributed by atoms with Gasteiger partial charge in [-0.2, -0.15) is 0 Å². The summed E-state index contributed by atoms with van der Waals surface area (Å²) >= 11 is 0. The fraction of sp³-hybridized carbons (Fsp3) is 0.364. The van der Waals surface area contributed by atoms with Gasteiger partial charge in [-0.1, -0.05) is 0 Å². The maximum absolute atomic E-state index is 11.6. The highest BCUT2D eigenvalue weighted by molar-refractivity contribution is 6.14. The number of carbonyl (C=O) groups is 3. The average molecular weight is 236 g/mol. The predicted octanol–water partition coefficient (Wildman–Crippen LogP) is 1.12. The van der Waals surface area contributed by atoms with Gasteiger partial charge in [-0.15, -0.1) is 0 Å². The van der Waals surface area contributed by atoms with E-state index in [0.717, 1.165) is 4.90 Å². The van der Waals surface area contributed by atoms with E-state index >= 15 is 0 Å². The number of nitrogens with one attached hydrogen (secondary N) is 1. The number of hydrogen-bond acceptors (Lipinski definition) is 4. The van der Waals surface area contributed by atoms with Crippen molar-refractivity contribution in [1.29, 1.82) is 0 Å². The average Bonchev–Trinajstić information content (AvgIpc) is 2.63. The van der Waals surface area contributed by atoms with Crippen LogP contribution in [0.2, 0.25) is 0 Å². The van der Waals surface area contributed by atoms with Crippen LogP contribution in [0.3, 0.4) is 0 Å². The standard InChI is InChI=1S/C11H12N2O4/c1-6-3-4-8(17-6)7(2)13-10(15)5-9(14)12-11(13)16/h3-4,7H,5H2,1-2H3,(H,12,14,16). The van der Waals surface area contributed by atoms with Crippen LogP contribution in [-0.2, 0) is 9.59 Å². The maximum atomic E-state index is 11.6. The monoisotopic (exact) mass is 236 g/mol. The predicted molar refractivity (Wildman–Crippen MR) is 56.9 cm³/mol. The smallest absolute Gasteiger partial charge is 0.331 e. The van der Waals surface area contributed by atoms with Crippen LogP contribution < -0.4 is 5.32 Å². The first-order valence-electron chi connectivity index (χ1n) is 5.21. The van der Waals surface area contributed by atoms with Gasteiger partial charge in [-0.05, 0) is 26.0 Å². The second-order valence-corrected chi connectivity index (χ2v) is 3.92. The molecule has 0 spiro atoms. The van der Waals surface area contributed by atoms with E-state index < -0.39 is 23.9 Å². The Balaban J connectivity index is 2.24. The zero-order valence-electron chi connectivity index (χ0n) is 9.52. The Morgan fingerprint density at radius 3 is 2.59 bits per heavy atom. The van der Waals surface area contributed by atoms with Gasteiger partial charge in [0.1, 0.15) is 17.9 Å². The Hall–Kier alpha value is -2.11. The molecule has 6 heteroatoms. The molecular formula is C11H12N2O4. The molecule has 0 aromatic carbocycles. The summed E-state index contributed by atoms with van der Waals surface area (Å²) in [6, 6.07) is 2.23. The number of nitrogens with zero attached hydrogens (tertiary/aromatic N) is 1. The third-order valence-corrected chi connectivity index (χ3v) is 2.61. The molecule has 1 unspecified atom stereocenters. The van der Waals surface area contributed by atoms with Crippen molar-refractivity contribution < 1.29 is 18.8 Å². The van der Waals surface area contributed by atoms with Crippen molar-refractivity contribution in [2.75, 3.05) is 0 Å². The minimum atomic E-state index is -0.701. The molecule has 1 N–H and O–H groups in total. The van der Waals surface area contributed by atoms with Crippen LogP contribution in [0.25, 0.3) is 0 Å². The maximum Gasteiger partial charge on any atom is 0.331 e. The van der Waals surface area contributed by atoms with Gasteiger partial charge in [-0.3, -0.25) is 19.8 Å². The first-order chi connectivity index (χ1) is 7.99. The highest BCUT2D eigenvalue weighted by Gasteiger charge is 2.35. The highest BCUT2D eigenvalue weighted by atomic mass is 16.3. The van der Waals surface area contributed by atoms with Crippen LogP contribution in [0.15, 0.2) is 16.5 Å². The number of furan rings is 1. The molecule has 1 fully saturated rings. The quantitative estimate of drug-likeness (QED) is 0.780. The molecule has 6 nitrogen and oxygen atoms in total. The highest BCUT2D eigenvalue weighted by Crippen LogP contribution is 2.24. The number of carbonyl (C=O) groups excluding carboxylic acids is 3. The first kappa shape index (κ1) is 11.4. The molecule has 90 valence electrons. The number of urea groups is 1. The van der Waals surface area contributed by atoms with Crippen LogP contribution in [0, 0.1) is 6.92 Å². The Morgan fingerprint density at radius 1 is 1.35 bits per heavy atom. The molecule has 1 aromatic heterocycles. The zero-order valence-corrected chi connectivity index (χ0v) is 9.52. The minimum Gasteiger partial charge on any atom is -0.464 e. The van der Waals surface area contributed by atoms with Gasteiger partial charge in [0.05, 0.1) is 6.04 Å². The van der Waals surface area contributed by atoms with Gasteiger partial charge in [0.15, 0.2) is 0 Å². The summed E-state index contributed by atoms with van der Waals surface area (Å²) in [4.78, 5) is 35.2. The van der Waals surface area contributed by atoms with Crippen molar-refractivity contribution in [3.05, 3.63) is 23.7 Å². The summed E-state index contributed by atoms with van der Waals surface area (Å²) in [5, 5.41) is 2.10. The summed E-state index contributed by atoms with van der Waals surface area (Å²) in [7, 11) is 0. The lowest BCUT2D eigenvalue weighted by Crippen LogP contribution is -2.53. The van der Waals surface area contributed by atoms with Crippen LogP contribution in [0.1, 0.15) is 30.9 Å². The lowest BCUT2D eigenvalue weighted by molar-refractivity contribution is -0.137. The number of hydrogen-bond donors (Lipinski definition) is 1. The normalized spacial score (nSPS) is 18.2. The SMILES string of the molecule is Cc1ccc(C(C)N2C(=O)CC(=O)NC2=O)o1. The Morgan fingerprint density at radius 2 is 2.06 bits per heavy atom. The molecular weight excluding hydrogens is 224 g/mol. The number of aryl methyl sites for hydroxylation is 1. The van der Waals surface area contributed by atoms with Crippen molar-refractivity contribution in [2.45, 2.75) is 26.3 Å². The summed E-state index contributed by atoms with van der Waals surface area (Å²) in [5.74, 6) is 0.132. The molecule has 0 bridgehead atoms. The van der Waals surface area contributed by atoms with Crippen LogP contribution in [0.4, 0.5) is 4.79 Å². The largest absolute Gasteiger partial charge is 0.464 e. The van der Waals surface area contributed by atoms with Gasteiger partial charge < -0.3 is 4.42 Å². The summed E-state index contributed by atoms with van der Waals surface area (Å²) in [6.07, 6.45) is -0.310. The zero-order chi connectivity index (χ0) is 12.6. The number of barbiturate groups is 1. The van der Waals surface area contributed by atoms with E-state index in [1.54, 1.807) is 26.0 Å². The van der Waals surface area contributed by atoms with Crippen LogP contribution >= 0.6 is 0 Å². The number of amides is 4. The minimum absolute atomic E-state index is 0.310. The molecule has 1 saturated heterocycles. The second-order valence-electron chi connectivity index (χ2n) is 3.92. The van der Waals surface area contributed by atoms with Crippen LogP contribution in [-0.4, -0.2) is 22.7 Å². The second kappa shape index (κ2) is 4.04. The van der Waals surface area contributed by atoms with Crippen LogP contribution in [0.5, 0.6) is 0 Å². The molecule has 0 saturated carbocycles. The van der Waals surface area contributed by atoms with Gasteiger partial charge in [0.2, 0.25) is 11.8 Å². The van der Waals surface area contributed by atoms with Gasteiger partial charge >= 0.3 is 6.03 Å². The third-order valence-electron chi connectivity index (χ3n) is 2.61. The Bertz CT molecular complexity index is 471. The topological polar surface area (TPSA) is 79.6 Å². The van der Waals surface area contributed by atoms with E-state index in [4.69, 9.17) is 4.42 Å². The molecule has 1 aliphatic heterocycles. The molecule has 2 rings (SSSR count). The van der Waals surface area contributed by atoms with E-state index in [2.05, 4.69) is 5.32 Å². The summed E-state index contributed by atoms with van der Waals surface area (Å²) in [5.41, 5.74) is 0. The van der Waals surface area contributed by atoms with Crippen molar-refractivity contribution >= 4 is 17.8 Å². The molecule has 2 heterocycles. The molecule has 1 aliphatic rings. The summed E-state index contributed by atoms with van der Waals surface area (Å²) in [6.45, 7) is 3.45. The molecule has 0 aliphatic carbocycles. The lowest BCUT2D eigenvalue weighted by atomic mass is 10.2. The molecule has 0 radical (unpaired) electrons. The van der Waals surface area contributed by atoms with E-state index in [9.17, 15) is 14.4 Å². The van der Waals surface area contributed by atoms with E-state index in [0.29, 0.717) is 11.5 Å². The fourth-order valence-corrected chi connectivity index (χ4v) is 1.76. The Labute approximate surface area is 97.6 Å². The van der Waals surface area contributed by atoms with Crippen molar-refractivity contribution in [2.24, 2.45) is 0 Å². The van der Waals surface area contributed by atoms with Crippen molar-refractivity contribution in [3.8, 4) is 0 Å². The van der Waals surface area contributed by atoms with Crippen molar-refractivity contribution in [1.82, 2.24) is 10.2 Å². The molecule has 1 aromatic rings. The van der Waals surface area contributed by atoms with E-state index in [1.807, 2.05) is 0 Å². The van der Waals surface area contributed by atoms with E-state index in [-0.39, 0.29) is 6.42 Å². The first-order valence-corrected chi connectivity index (χ1v) is 5.21. The van der Waals surface area contributed by atoms with Gasteiger partial charge in [0.25, 0.3) is 0 Å². The lowest BCUT2D eigenvalue weighted by Gasteiger charge is -2.28. The molecule has 1 atom stereocenters. The van der Waals surface area contributed by atoms with Gasteiger partial charge in [-0.25, -0.2) is 4.79 Å². The molecule has 17 heavy (non-hydrogen) atoms. The Kier molecular flexibility index (Phi) is 2.71. The third kappa shape index (κ3) is 2.06. The number of imide groups is 2. The fourth-order valence-electron chi connectivity index (χ4n) is 1.76.